The van der Waals surface area contributed by atoms with Gasteiger partial charge < -0.3 is 9.88 Å². The number of benzene rings is 2. The number of aromatic amines is 1. The molecule has 28 heavy (non-hydrogen) atoms. The molecule has 0 spiro atoms. The summed E-state index contributed by atoms with van der Waals surface area (Å²) in [5.74, 6) is 1.92. The van der Waals surface area contributed by atoms with E-state index in [1.54, 1.807) is 12.1 Å². The normalized spacial score (nSPS) is 24.2. The van der Waals surface area contributed by atoms with Crippen LogP contribution < -0.4 is 11.2 Å². The number of fused-ring (bicyclic) bond motifs is 2. The number of likely N-dealkylation sites (tertiary alicyclic amines) is 1. The van der Waals surface area contributed by atoms with Gasteiger partial charge in [-0.2, -0.15) is 0 Å². The lowest BCUT2D eigenvalue weighted by atomic mass is 9.64. The molecule has 2 aliphatic rings. The molecule has 3 unspecified atom stereocenters. The number of nitrogens with one attached hydrogen (secondary N) is 1. The van der Waals surface area contributed by atoms with Crippen LogP contribution in [0, 0.1) is 11.8 Å². The highest BCUT2D eigenvalue weighted by Gasteiger charge is 2.47. The Morgan fingerprint density at radius 2 is 1.89 bits per heavy atom. The van der Waals surface area contributed by atoms with Crippen molar-refractivity contribution in [1.29, 1.82) is 0 Å². The average molecular weight is 396 g/mol. The summed E-state index contributed by atoms with van der Waals surface area (Å²) in [6.07, 6.45) is 1.19. The van der Waals surface area contributed by atoms with Gasteiger partial charge in [-0.25, -0.2) is 4.79 Å². The van der Waals surface area contributed by atoms with Crippen molar-refractivity contribution in [2.45, 2.75) is 18.9 Å². The van der Waals surface area contributed by atoms with E-state index in [4.69, 9.17) is 11.6 Å². The van der Waals surface area contributed by atoms with Gasteiger partial charge in [-0.05, 0) is 54.0 Å². The molecule has 0 amide bonds. The molecule has 2 heterocycles. The first-order chi connectivity index (χ1) is 13.6. The van der Waals surface area contributed by atoms with Gasteiger partial charge in [0.05, 0.1) is 10.9 Å². The van der Waals surface area contributed by atoms with Gasteiger partial charge in [-0.15, -0.1) is 0 Å². The molecule has 2 fully saturated rings. The van der Waals surface area contributed by atoms with E-state index >= 15 is 0 Å². The third-order valence-corrected chi connectivity index (χ3v) is 6.68. The van der Waals surface area contributed by atoms with E-state index in [0.717, 1.165) is 24.7 Å². The Hall–Kier alpha value is -2.37. The lowest BCUT2D eigenvalue weighted by Gasteiger charge is -2.40. The maximum Gasteiger partial charge on any atom is 0.328 e. The van der Waals surface area contributed by atoms with E-state index < -0.39 is 0 Å². The Bertz CT molecular complexity index is 1150. The maximum absolute atomic E-state index is 12.7. The van der Waals surface area contributed by atoms with Crippen LogP contribution in [0.15, 0.2) is 58.1 Å². The number of aromatic nitrogens is 2. The molecule has 0 radical (unpaired) electrons. The van der Waals surface area contributed by atoms with E-state index in [2.05, 4.69) is 22.0 Å². The first-order valence-electron chi connectivity index (χ1n) is 9.80. The van der Waals surface area contributed by atoms with Crippen molar-refractivity contribution in [2.24, 2.45) is 11.8 Å². The predicted octanol–water partition coefficient (Wildman–Crippen LogP) is 3.08. The molecular formula is C22H22ClN3O2. The Morgan fingerprint density at radius 3 is 2.75 bits per heavy atom. The smallest absolute Gasteiger partial charge is 0.307 e. The summed E-state index contributed by atoms with van der Waals surface area (Å²) in [7, 11) is 0. The molecule has 5 rings (SSSR count). The highest BCUT2D eigenvalue weighted by atomic mass is 35.5. The Morgan fingerprint density at radius 1 is 1.04 bits per heavy atom. The highest BCUT2D eigenvalue weighted by molar-refractivity contribution is 6.30. The van der Waals surface area contributed by atoms with Crippen LogP contribution >= 0.6 is 11.6 Å². The Kier molecular flexibility index (Phi) is 4.37. The molecule has 1 N–H and O–H groups in total. The maximum atomic E-state index is 12.7. The Balaban J connectivity index is 1.29. The van der Waals surface area contributed by atoms with Crippen molar-refractivity contribution in [1.82, 2.24) is 14.5 Å². The van der Waals surface area contributed by atoms with Gasteiger partial charge >= 0.3 is 5.69 Å². The summed E-state index contributed by atoms with van der Waals surface area (Å²) in [6.45, 7) is 3.20. The van der Waals surface area contributed by atoms with Crippen molar-refractivity contribution < 1.29 is 0 Å². The number of halogens is 1. The van der Waals surface area contributed by atoms with Crippen LogP contribution in [-0.4, -0.2) is 34.1 Å². The molecule has 6 heteroatoms. The first-order valence-corrected chi connectivity index (χ1v) is 10.2. The van der Waals surface area contributed by atoms with Crippen molar-refractivity contribution in [3.8, 4) is 0 Å². The standard InChI is InChI=1S/C22H22ClN3O2/c23-16-5-3-4-14(10-16)18-11-15-12-25(13-19(15)18)8-9-26-21(27)17-6-1-2-7-20(17)24-22(26)28/h1-7,10,15,18-19H,8-9,11-13H2,(H,24,28). The van der Waals surface area contributed by atoms with E-state index in [0.29, 0.717) is 35.2 Å². The van der Waals surface area contributed by atoms with Crippen molar-refractivity contribution >= 4 is 22.5 Å². The second kappa shape index (κ2) is 6.90. The summed E-state index contributed by atoms with van der Waals surface area (Å²) in [6, 6.07) is 15.4. The first kappa shape index (κ1) is 17.7. The number of hydrogen-bond acceptors (Lipinski definition) is 3. The molecular weight excluding hydrogens is 374 g/mol. The van der Waals surface area contributed by atoms with E-state index in [-0.39, 0.29) is 11.2 Å². The zero-order valence-electron chi connectivity index (χ0n) is 15.5. The molecule has 5 nitrogen and oxygen atoms in total. The van der Waals surface area contributed by atoms with E-state index in [9.17, 15) is 9.59 Å². The number of hydrogen-bond donors (Lipinski definition) is 1. The fraction of sp³-hybridized carbons (Fsp3) is 0.364. The molecule has 1 saturated heterocycles. The van der Waals surface area contributed by atoms with Crippen LogP contribution in [0.2, 0.25) is 5.02 Å². The summed E-state index contributed by atoms with van der Waals surface area (Å²) in [5, 5.41) is 1.36. The lowest BCUT2D eigenvalue weighted by Crippen LogP contribution is -2.38. The zero-order valence-corrected chi connectivity index (χ0v) is 16.2. The second-order valence-electron chi connectivity index (χ2n) is 8.01. The van der Waals surface area contributed by atoms with Crippen LogP contribution in [0.3, 0.4) is 0 Å². The average Bonchev–Trinajstić information content (AvgIpc) is 2.98. The molecule has 144 valence electrons. The molecule has 1 aliphatic heterocycles. The predicted molar refractivity (Wildman–Crippen MR) is 111 cm³/mol. The molecule has 2 aromatic carbocycles. The fourth-order valence-electron chi connectivity index (χ4n) is 4.95. The zero-order chi connectivity index (χ0) is 19.3. The van der Waals surface area contributed by atoms with Gasteiger partial charge in [-0.3, -0.25) is 9.36 Å². The summed E-state index contributed by atoms with van der Waals surface area (Å²) >= 11 is 6.15. The lowest BCUT2D eigenvalue weighted by molar-refractivity contribution is 0.191. The largest absolute Gasteiger partial charge is 0.328 e. The molecule has 3 aromatic rings. The number of H-pyrrole nitrogens is 1. The molecule has 1 saturated carbocycles. The van der Waals surface area contributed by atoms with Gasteiger partial charge in [0.25, 0.3) is 5.56 Å². The minimum Gasteiger partial charge on any atom is -0.307 e. The summed E-state index contributed by atoms with van der Waals surface area (Å²) in [5.41, 5.74) is 1.39. The molecule has 1 aliphatic carbocycles. The monoisotopic (exact) mass is 395 g/mol. The minimum absolute atomic E-state index is 0.210. The van der Waals surface area contributed by atoms with Crippen LogP contribution in [-0.2, 0) is 6.54 Å². The van der Waals surface area contributed by atoms with Crippen LogP contribution in [0.25, 0.3) is 10.9 Å². The summed E-state index contributed by atoms with van der Waals surface area (Å²) in [4.78, 5) is 30.2. The van der Waals surface area contributed by atoms with Gasteiger partial charge in [0, 0.05) is 31.2 Å². The van der Waals surface area contributed by atoms with Crippen molar-refractivity contribution in [3.63, 3.8) is 0 Å². The number of rotatable bonds is 4. The highest BCUT2D eigenvalue weighted by Crippen LogP contribution is 2.51. The van der Waals surface area contributed by atoms with Crippen molar-refractivity contribution in [2.75, 3.05) is 19.6 Å². The molecule has 1 aromatic heterocycles. The SMILES string of the molecule is O=c1[nH]c2ccccc2c(=O)n1CCN1CC2CC(c3cccc(Cl)c3)C2C1. The fourth-order valence-corrected chi connectivity index (χ4v) is 5.14. The number of nitrogens with zero attached hydrogens (tertiary/aromatic N) is 2. The van der Waals surface area contributed by atoms with Gasteiger partial charge in [0.15, 0.2) is 0 Å². The minimum atomic E-state index is -0.331. The topological polar surface area (TPSA) is 58.1 Å². The molecule has 0 bridgehead atoms. The van der Waals surface area contributed by atoms with Gasteiger partial charge in [0.1, 0.15) is 0 Å². The third-order valence-electron chi connectivity index (χ3n) is 6.45. The van der Waals surface area contributed by atoms with Gasteiger partial charge in [-0.1, -0.05) is 35.9 Å². The van der Waals surface area contributed by atoms with Crippen molar-refractivity contribution in [3.05, 3.63) is 80.0 Å². The van der Waals surface area contributed by atoms with Crippen LogP contribution in [0.4, 0.5) is 0 Å². The van der Waals surface area contributed by atoms with Gasteiger partial charge in [0.2, 0.25) is 0 Å². The Labute approximate surface area is 167 Å². The third kappa shape index (κ3) is 2.99. The van der Waals surface area contributed by atoms with E-state index in [1.165, 1.54) is 16.6 Å². The summed E-state index contributed by atoms with van der Waals surface area (Å²) < 4.78 is 1.33. The molecule has 3 atom stereocenters. The quantitative estimate of drug-likeness (QED) is 0.738. The number of para-hydroxylation sites is 1. The van der Waals surface area contributed by atoms with Crippen LogP contribution in [0.1, 0.15) is 17.9 Å². The van der Waals surface area contributed by atoms with E-state index in [1.807, 2.05) is 24.3 Å². The van der Waals surface area contributed by atoms with Crippen LogP contribution in [0.5, 0.6) is 0 Å². The second-order valence-corrected chi connectivity index (χ2v) is 8.45.